The highest BCUT2D eigenvalue weighted by molar-refractivity contribution is 7.89. The second-order valence-electron chi connectivity index (χ2n) is 6.10. The van der Waals surface area contributed by atoms with E-state index in [4.69, 9.17) is 5.11 Å². The summed E-state index contributed by atoms with van der Waals surface area (Å²) < 4.78 is 41.5. The van der Waals surface area contributed by atoms with E-state index in [0.717, 1.165) is 32.1 Å². The van der Waals surface area contributed by atoms with Gasteiger partial charge in [-0.1, -0.05) is 19.3 Å². The molecule has 6 heteroatoms. The Morgan fingerprint density at radius 1 is 1.29 bits per heavy atom. The van der Waals surface area contributed by atoms with Crippen LogP contribution in [0.5, 0.6) is 0 Å². The number of nitrogens with one attached hydrogen (secondary N) is 1. The molecule has 1 saturated carbocycles. The minimum absolute atomic E-state index is 0.00386. The second kappa shape index (κ2) is 6.02. The Kier molecular flexibility index (Phi) is 4.70. The highest BCUT2D eigenvalue weighted by atomic mass is 32.2. The lowest BCUT2D eigenvalue weighted by molar-refractivity contribution is 0.275. The van der Waals surface area contributed by atoms with Crippen LogP contribution in [-0.4, -0.2) is 19.1 Å². The fourth-order valence-corrected chi connectivity index (χ4v) is 4.49. The smallest absolute Gasteiger partial charge is 0.241 e. The van der Waals surface area contributed by atoms with Crippen LogP contribution >= 0.6 is 0 Å². The van der Waals surface area contributed by atoms with Crippen molar-refractivity contribution in [1.29, 1.82) is 0 Å². The molecule has 0 bridgehead atoms. The van der Waals surface area contributed by atoms with Gasteiger partial charge in [0.1, 0.15) is 5.82 Å². The number of aryl methyl sites for hydroxylation is 1. The molecule has 0 aromatic heterocycles. The predicted octanol–water partition coefficient (Wildman–Crippen LogP) is 2.63. The number of aliphatic hydroxyl groups excluding tert-OH is 1. The van der Waals surface area contributed by atoms with Crippen molar-refractivity contribution in [2.24, 2.45) is 0 Å². The van der Waals surface area contributed by atoms with Gasteiger partial charge >= 0.3 is 0 Å². The van der Waals surface area contributed by atoms with E-state index in [1.54, 1.807) is 0 Å². The fourth-order valence-electron chi connectivity index (χ4n) is 2.89. The zero-order valence-electron chi connectivity index (χ0n) is 12.4. The first-order valence-corrected chi connectivity index (χ1v) is 8.70. The Morgan fingerprint density at radius 2 is 1.90 bits per heavy atom. The first-order chi connectivity index (χ1) is 9.77. The van der Waals surface area contributed by atoms with Crippen molar-refractivity contribution < 1.29 is 17.9 Å². The Hall–Kier alpha value is -0.980. The molecule has 0 atom stereocenters. The van der Waals surface area contributed by atoms with Gasteiger partial charge in [-0.15, -0.1) is 0 Å². The van der Waals surface area contributed by atoms with Gasteiger partial charge < -0.3 is 5.11 Å². The monoisotopic (exact) mass is 315 g/mol. The van der Waals surface area contributed by atoms with E-state index in [2.05, 4.69) is 4.72 Å². The van der Waals surface area contributed by atoms with Crippen molar-refractivity contribution in [1.82, 2.24) is 4.72 Å². The molecule has 0 amide bonds. The molecule has 0 spiro atoms. The molecule has 2 rings (SSSR count). The first-order valence-electron chi connectivity index (χ1n) is 7.21. The molecule has 4 nitrogen and oxygen atoms in total. The molecule has 2 N–H and O–H groups in total. The normalized spacial score (nSPS) is 18.7. The van der Waals surface area contributed by atoms with Gasteiger partial charge in [0.15, 0.2) is 0 Å². The summed E-state index contributed by atoms with van der Waals surface area (Å²) in [4.78, 5) is 0.0113. The van der Waals surface area contributed by atoms with E-state index in [1.807, 2.05) is 6.92 Å². The van der Waals surface area contributed by atoms with Crippen molar-refractivity contribution >= 4 is 10.0 Å². The third-order valence-electron chi connectivity index (χ3n) is 4.12. The Labute approximate surface area is 125 Å². The third-order valence-corrected chi connectivity index (χ3v) is 5.74. The number of hydrogen-bond donors (Lipinski definition) is 2. The molecule has 1 aromatic carbocycles. The molecule has 0 saturated heterocycles. The van der Waals surface area contributed by atoms with E-state index in [0.29, 0.717) is 0 Å². The van der Waals surface area contributed by atoms with E-state index >= 15 is 0 Å². The highest BCUT2D eigenvalue weighted by Crippen LogP contribution is 2.30. The highest BCUT2D eigenvalue weighted by Gasteiger charge is 2.32. The molecule has 21 heavy (non-hydrogen) atoms. The molecule has 0 radical (unpaired) electrons. The van der Waals surface area contributed by atoms with Crippen molar-refractivity contribution in [3.05, 3.63) is 29.1 Å². The minimum atomic E-state index is -3.72. The third kappa shape index (κ3) is 3.62. The largest absolute Gasteiger partial charge is 0.392 e. The van der Waals surface area contributed by atoms with Crippen LogP contribution in [0, 0.1) is 12.7 Å². The van der Waals surface area contributed by atoms with Crippen LogP contribution in [0.25, 0.3) is 0 Å². The number of rotatable bonds is 4. The maximum absolute atomic E-state index is 13.7. The van der Waals surface area contributed by atoms with Crippen molar-refractivity contribution in [3.63, 3.8) is 0 Å². The average molecular weight is 315 g/mol. The Bertz CT molecular complexity index is 622. The van der Waals surface area contributed by atoms with Crippen molar-refractivity contribution in [3.8, 4) is 0 Å². The van der Waals surface area contributed by atoms with E-state index in [1.165, 1.54) is 19.1 Å². The summed E-state index contributed by atoms with van der Waals surface area (Å²) in [6.45, 7) is 2.89. The summed E-state index contributed by atoms with van der Waals surface area (Å²) in [5, 5.41) is 9.15. The number of benzene rings is 1. The van der Waals surface area contributed by atoms with Crippen LogP contribution < -0.4 is 4.72 Å². The molecule has 118 valence electrons. The summed E-state index contributed by atoms with van der Waals surface area (Å²) in [6.07, 6.45) is 4.74. The topological polar surface area (TPSA) is 66.4 Å². The van der Waals surface area contributed by atoms with Crippen LogP contribution in [0.1, 0.15) is 50.2 Å². The summed E-state index contributed by atoms with van der Waals surface area (Å²) in [5.74, 6) is -0.555. The average Bonchev–Trinajstić information content (AvgIpc) is 2.41. The van der Waals surface area contributed by atoms with E-state index in [-0.39, 0.29) is 16.0 Å². The summed E-state index contributed by atoms with van der Waals surface area (Å²) >= 11 is 0. The van der Waals surface area contributed by atoms with Crippen LogP contribution in [0.3, 0.4) is 0 Å². The zero-order valence-corrected chi connectivity index (χ0v) is 13.3. The fraction of sp³-hybridized carbons (Fsp3) is 0.600. The first kappa shape index (κ1) is 16.4. The molecular formula is C15H22FNO3S. The quantitative estimate of drug-likeness (QED) is 0.897. The zero-order chi connectivity index (χ0) is 15.7. The van der Waals surface area contributed by atoms with Gasteiger partial charge in [-0.3, -0.25) is 0 Å². The van der Waals surface area contributed by atoms with Gasteiger partial charge in [-0.25, -0.2) is 17.5 Å². The Morgan fingerprint density at radius 3 is 2.48 bits per heavy atom. The predicted molar refractivity (Wildman–Crippen MR) is 78.9 cm³/mol. The van der Waals surface area contributed by atoms with Crippen LogP contribution in [0.15, 0.2) is 17.0 Å². The van der Waals surface area contributed by atoms with Crippen LogP contribution in [0.2, 0.25) is 0 Å². The standard InChI is InChI=1S/C15H22FNO3S/c1-11-8-13(9-12(10-18)14(11)16)21(19,20)17-15(2)6-4-3-5-7-15/h8-9,17-18H,3-7,10H2,1-2H3. The molecule has 1 aliphatic rings. The molecule has 0 unspecified atom stereocenters. The molecule has 0 aliphatic heterocycles. The summed E-state index contributed by atoms with van der Waals surface area (Å²) in [6, 6.07) is 2.51. The van der Waals surface area contributed by atoms with Gasteiger partial charge in [0.25, 0.3) is 0 Å². The van der Waals surface area contributed by atoms with Gasteiger partial charge in [-0.2, -0.15) is 0 Å². The van der Waals surface area contributed by atoms with Crippen molar-refractivity contribution in [2.75, 3.05) is 0 Å². The van der Waals surface area contributed by atoms with E-state index < -0.39 is 28.0 Å². The lowest BCUT2D eigenvalue weighted by Crippen LogP contribution is -2.47. The number of halogens is 1. The number of sulfonamides is 1. The Balaban J connectivity index is 2.33. The summed E-state index contributed by atoms with van der Waals surface area (Å²) in [5.41, 5.74) is -0.224. The lowest BCUT2D eigenvalue weighted by atomic mass is 9.84. The molecular weight excluding hydrogens is 293 g/mol. The minimum Gasteiger partial charge on any atom is -0.392 e. The maximum Gasteiger partial charge on any atom is 0.241 e. The van der Waals surface area contributed by atoms with Gasteiger partial charge in [0.2, 0.25) is 10.0 Å². The van der Waals surface area contributed by atoms with Gasteiger partial charge in [-0.05, 0) is 44.4 Å². The SMILES string of the molecule is Cc1cc(S(=O)(=O)NC2(C)CCCCC2)cc(CO)c1F. The van der Waals surface area contributed by atoms with Crippen LogP contribution in [0.4, 0.5) is 4.39 Å². The van der Waals surface area contributed by atoms with Crippen LogP contribution in [-0.2, 0) is 16.6 Å². The molecule has 1 fully saturated rings. The molecule has 1 aromatic rings. The van der Waals surface area contributed by atoms with Gasteiger partial charge in [0.05, 0.1) is 11.5 Å². The molecule has 1 aliphatic carbocycles. The van der Waals surface area contributed by atoms with Gasteiger partial charge in [0, 0.05) is 11.1 Å². The number of aliphatic hydroxyl groups is 1. The second-order valence-corrected chi connectivity index (χ2v) is 7.78. The number of hydrogen-bond acceptors (Lipinski definition) is 3. The maximum atomic E-state index is 13.7. The lowest BCUT2D eigenvalue weighted by Gasteiger charge is -2.34. The summed E-state index contributed by atoms with van der Waals surface area (Å²) in [7, 11) is -3.72. The van der Waals surface area contributed by atoms with E-state index in [9.17, 15) is 12.8 Å². The van der Waals surface area contributed by atoms with Crippen molar-refractivity contribution in [2.45, 2.75) is 63.0 Å². The molecule has 0 heterocycles.